The van der Waals surface area contributed by atoms with E-state index in [0.717, 1.165) is 0 Å². The van der Waals surface area contributed by atoms with Gasteiger partial charge in [-0.1, -0.05) is 0 Å². The third-order valence-electron chi connectivity index (χ3n) is 1.85. The lowest BCUT2D eigenvalue weighted by atomic mass is 10.3. The zero-order chi connectivity index (χ0) is 11.3. The minimum atomic E-state index is -0.688. The van der Waals surface area contributed by atoms with Crippen molar-refractivity contribution in [2.24, 2.45) is 0 Å². The van der Waals surface area contributed by atoms with E-state index in [-0.39, 0.29) is 19.1 Å². The predicted octanol–water partition coefficient (Wildman–Crippen LogP) is 0.325. The summed E-state index contributed by atoms with van der Waals surface area (Å²) in [5, 5.41) is 11.9. The lowest BCUT2D eigenvalue weighted by molar-refractivity contribution is 0.0609. The summed E-state index contributed by atoms with van der Waals surface area (Å²) in [5.41, 5.74) is 0.456. The zero-order valence-electron chi connectivity index (χ0n) is 8.82. The Labute approximate surface area is 88.0 Å². The van der Waals surface area contributed by atoms with E-state index < -0.39 is 6.10 Å². The summed E-state index contributed by atoms with van der Waals surface area (Å²) >= 11 is 0. The van der Waals surface area contributed by atoms with Crippen LogP contribution in [0.15, 0.2) is 16.7 Å². The molecule has 0 radical (unpaired) electrons. The van der Waals surface area contributed by atoms with E-state index >= 15 is 0 Å². The topological polar surface area (TPSA) is 71.7 Å². The molecule has 0 aliphatic rings. The molecule has 1 aromatic rings. The number of ether oxygens (including phenoxy) is 1. The Bertz CT molecular complexity index is 321. The maximum absolute atomic E-state index is 11.4. The number of methoxy groups -OCH3 is 1. The van der Waals surface area contributed by atoms with Gasteiger partial charge in [-0.2, -0.15) is 0 Å². The van der Waals surface area contributed by atoms with Gasteiger partial charge in [0.2, 0.25) is 0 Å². The van der Waals surface area contributed by atoms with E-state index in [9.17, 15) is 9.90 Å². The molecule has 84 valence electrons. The molecule has 15 heavy (non-hydrogen) atoms. The molecule has 0 saturated carbocycles. The second kappa shape index (κ2) is 5.53. The smallest absolute Gasteiger partial charge is 0.254 e. The first-order valence-electron chi connectivity index (χ1n) is 4.64. The van der Waals surface area contributed by atoms with Gasteiger partial charge >= 0.3 is 0 Å². The summed E-state index contributed by atoms with van der Waals surface area (Å²) in [7, 11) is 1.49. The summed E-state index contributed by atoms with van der Waals surface area (Å²) in [6.07, 6.45) is 0.694. The van der Waals surface area contributed by atoms with Crippen LogP contribution >= 0.6 is 0 Å². The fourth-order valence-corrected chi connectivity index (χ4v) is 1.13. The van der Waals surface area contributed by atoms with Gasteiger partial charge in [0.1, 0.15) is 12.0 Å². The second-order valence-corrected chi connectivity index (χ2v) is 3.27. The van der Waals surface area contributed by atoms with Crippen LogP contribution in [0.3, 0.4) is 0 Å². The fourth-order valence-electron chi connectivity index (χ4n) is 1.13. The normalized spacial score (nSPS) is 12.5. The van der Waals surface area contributed by atoms with Crippen molar-refractivity contribution >= 4 is 5.91 Å². The van der Waals surface area contributed by atoms with Crippen LogP contribution in [0.1, 0.15) is 16.1 Å². The van der Waals surface area contributed by atoms with Gasteiger partial charge in [-0.25, -0.2) is 0 Å². The maximum atomic E-state index is 11.4. The molecule has 0 bridgehead atoms. The molecule has 1 unspecified atom stereocenters. The second-order valence-electron chi connectivity index (χ2n) is 3.27. The molecule has 0 fully saturated rings. The van der Waals surface area contributed by atoms with Crippen LogP contribution in [0.4, 0.5) is 0 Å². The van der Waals surface area contributed by atoms with Gasteiger partial charge in [-0.15, -0.1) is 0 Å². The van der Waals surface area contributed by atoms with Crippen LogP contribution in [0.2, 0.25) is 0 Å². The Morgan fingerprint density at radius 2 is 2.47 bits per heavy atom. The Hall–Kier alpha value is -1.33. The van der Waals surface area contributed by atoms with Crippen molar-refractivity contribution in [2.45, 2.75) is 13.0 Å². The molecule has 1 aromatic heterocycles. The van der Waals surface area contributed by atoms with Crippen molar-refractivity contribution in [3.05, 3.63) is 23.7 Å². The number of aryl methyl sites for hydroxylation is 1. The number of carbonyl (C=O) groups excluding carboxylic acids is 1. The number of rotatable bonds is 5. The summed E-state index contributed by atoms with van der Waals surface area (Å²) < 4.78 is 9.72. The molecule has 0 aromatic carbocycles. The summed E-state index contributed by atoms with van der Waals surface area (Å²) in [6.45, 7) is 2.12. The lowest BCUT2D eigenvalue weighted by Gasteiger charge is -2.09. The summed E-state index contributed by atoms with van der Waals surface area (Å²) in [6, 6.07) is 1.64. The Morgan fingerprint density at radius 3 is 3.00 bits per heavy atom. The molecule has 0 saturated heterocycles. The third kappa shape index (κ3) is 3.73. The van der Waals surface area contributed by atoms with Crippen LogP contribution in [0.5, 0.6) is 0 Å². The van der Waals surface area contributed by atoms with Gasteiger partial charge in [0.05, 0.1) is 18.3 Å². The first-order chi connectivity index (χ1) is 7.13. The minimum Gasteiger partial charge on any atom is -0.469 e. The molecule has 2 N–H and O–H groups in total. The van der Waals surface area contributed by atoms with Crippen molar-refractivity contribution in [3.63, 3.8) is 0 Å². The number of aliphatic hydroxyl groups excluding tert-OH is 1. The molecule has 1 atom stereocenters. The van der Waals surface area contributed by atoms with Crippen LogP contribution in [-0.2, 0) is 4.74 Å². The maximum Gasteiger partial charge on any atom is 0.254 e. The third-order valence-corrected chi connectivity index (χ3v) is 1.85. The Balaban J connectivity index is 2.36. The van der Waals surface area contributed by atoms with Crippen molar-refractivity contribution in [3.8, 4) is 0 Å². The first kappa shape index (κ1) is 11.7. The predicted molar refractivity (Wildman–Crippen MR) is 53.7 cm³/mol. The van der Waals surface area contributed by atoms with Crippen LogP contribution in [0, 0.1) is 6.92 Å². The number of hydrogen-bond donors (Lipinski definition) is 2. The highest BCUT2D eigenvalue weighted by Gasteiger charge is 2.10. The molecular weight excluding hydrogens is 198 g/mol. The highest BCUT2D eigenvalue weighted by atomic mass is 16.5. The average molecular weight is 213 g/mol. The summed E-state index contributed by atoms with van der Waals surface area (Å²) in [4.78, 5) is 11.4. The first-order valence-corrected chi connectivity index (χ1v) is 4.64. The van der Waals surface area contributed by atoms with Crippen molar-refractivity contribution < 1.29 is 19.1 Å². The number of nitrogens with one attached hydrogen (secondary N) is 1. The summed E-state index contributed by atoms with van der Waals surface area (Å²) in [5.74, 6) is 0.416. The molecule has 1 rings (SSSR count). The molecule has 0 aliphatic heterocycles. The molecular formula is C10H15NO4. The van der Waals surface area contributed by atoms with Gasteiger partial charge in [-0.05, 0) is 13.0 Å². The monoisotopic (exact) mass is 213 g/mol. The van der Waals surface area contributed by atoms with E-state index in [2.05, 4.69) is 5.32 Å². The standard InChI is InChI=1S/C10H15NO4/c1-7-3-8(5-15-7)10(13)11-4-9(12)6-14-2/h3,5,9,12H,4,6H2,1-2H3,(H,11,13). The SMILES string of the molecule is COCC(O)CNC(=O)c1coc(C)c1. The number of carbonyl (C=O) groups is 1. The quantitative estimate of drug-likeness (QED) is 0.739. The molecule has 0 spiro atoms. The van der Waals surface area contributed by atoms with Gasteiger partial charge in [0.25, 0.3) is 5.91 Å². The van der Waals surface area contributed by atoms with E-state index in [1.807, 2.05) is 0 Å². The molecule has 0 aliphatic carbocycles. The van der Waals surface area contributed by atoms with E-state index in [1.54, 1.807) is 13.0 Å². The van der Waals surface area contributed by atoms with Crippen molar-refractivity contribution in [1.29, 1.82) is 0 Å². The van der Waals surface area contributed by atoms with E-state index in [0.29, 0.717) is 11.3 Å². The van der Waals surface area contributed by atoms with E-state index in [1.165, 1.54) is 13.4 Å². The molecule has 5 nitrogen and oxygen atoms in total. The van der Waals surface area contributed by atoms with Crippen molar-refractivity contribution in [1.82, 2.24) is 5.32 Å². The van der Waals surface area contributed by atoms with Gasteiger partial charge in [-0.3, -0.25) is 4.79 Å². The van der Waals surface area contributed by atoms with Gasteiger partial charge < -0.3 is 19.6 Å². The van der Waals surface area contributed by atoms with Gasteiger partial charge in [0.15, 0.2) is 0 Å². The minimum absolute atomic E-state index is 0.164. The highest BCUT2D eigenvalue weighted by Crippen LogP contribution is 2.05. The number of furan rings is 1. The zero-order valence-corrected chi connectivity index (χ0v) is 8.82. The fraction of sp³-hybridized carbons (Fsp3) is 0.500. The molecule has 5 heteroatoms. The molecule has 1 amide bonds. The van der Waals surface area contributed by atoms with E-state index in [4.69, 9.17) is 9.15 Å². The number of amides is 1. The van der Waals surface area contributed by atoms with Crippen LogP contribution in [0.25, 0.3) is 0 Å². The van der Waals surface area contributed by atoms with Crippen molar-refractivity contribution in [2.75, 3.05) is 20.3 Å². The highest BCUT2D eigenvalue weighted by molar-refractivity contribution is 5.93. The Morgan fingerprint density at radius 1 is 1.73 bits per heavy atom. The largest absolute Gasteiger partial charge is 0.469 e. The average Bonchev–Trinajstić information content (AvgIpc) is 2.62. The number of aliphatic hydroxyl groups is 1. The van der Waals surface area contributed by atoms with Crippen LogP contribution in [-0.4, -0.2) is 37.4 Å². The van der Waals surface area contributed by atoms with Crippen LogP contribution < -0.4 is 5.32 Å². The van der Waals surface area contributed by atoms with Gasteiger partial charge in [0, 0.05) is 13.7 Å². The molecule has 1 heterocycles. The number of hydrogen-bond acceptors (Lipinski definition) is 4. The lowest BCUT2D eigenvalue weighted by Crippen LogP contribution is -2.34. The Kier molecular flexibility index (Phi) is 4.33.